The molecule has 0 atom stereocenters. The van der Waals surface area contributed by atoms with E-state index < -0.39 is 5.91 Å². The molecule has 1 amide bonds. The maximum Gasteiger partial charge on any atom is 0.240 e. The Morgan fingerprint density at radius 2 is 1.56 bits per heavy atom. The fraction of sp³-hybridized carbons (Fsp3) is 0.429. The van der Waals surface area contributed by atoms with E-state index in [9.17, 15) is 4.79 Å². The highest BCUT2D eigenvalue weighted by molar-refractivity contribution is 5.84. The van der Waals surface area contributed by atoms with Crippen molar-refractivity contribution < 1.29 is 4.79 Å². The molecule has 0 aliphatic carbocycles. The van der Waals surface area contributed by atoms with E-state index in [4.69, 9.17) is 0 Å². The smallest absolute Gasteiger partial charge is 0.240 e. The van der Waals surface area contributed by atoms with Crippen LogP contribution in [0.25, 0.3) is 0 Å². The molecule has 0 unspecified atom stereocenters. The second kappa shape index (κ2) is 7.21. The van der Waals surface area contributed by atoms with Crippen LogP contribution in [-0.4, -0.2) is 5.91 Å². The summed E-state index contributed by atoms with van der Waals surface area (Å²) in [4.78, 5) is 9.47. The van der Waals surface area contributed by atoms with Crippen LogP contribution in [0.15, 0.2) is 12.7 Å². The Kier molecular flexibility index (Phi) is 8.87. The van der Waals surface area contributed by atoms with Crippen LogP contribution in [0.5, 0.6) is 0 Å². The molecule has 0 fully saturated rings. The van der Waals surface area contributed by atoms with Crippen LogP contribution in [0, 0.1) is 5.92 Å². The lowest BCUT2D eigenvalue weighted by atomic mass is 10.3. The molecule has 2 heteroatoms. The number of hydrogen-bond donors (Lipinski definition) is 1. The average Bonchev–Trinajstić information content (AvgIpc) is 1.65. The van der Waals surface area contributed by atoms with Crippen LogP contribution in [0.3, 0.4) is 0 Å². The molecule has 53 valence electrons. The van der Waals surface area contributed by atoms with Crippen LogP contribution in [-0.2, 0) is 4.79 Å². The highest BCUT2D eigenvalue weighted by atomic mass is 16.1. The monoisotopic (exact) mass is 128 g/mol. The van der Waals surface area contributed by atoms with Gasteiger partial charge in [0.25, 0.3) is 0 Å². The zero-order valence-corrected chi connectivity index (χ0v) is 6.27. The lowest BCUT2D eigenvalue weighted by Gasteiger charge is -1.78. The number of carbonyl (C=O) groups is 1. The van der Waals surface area contributed by atoms with Crippen molar-refractivity contribution in [3.8, 4) is 0 Å². The zero-order chi connectivity index (χ0) is 7.86. The largest absolute Gasteiger partial charge is 0.366 e. The maximum absolute atomic E-state index is 9.47. The van der Waals surface area contributed by atoms with Gasteiger partial charge >= 0.3 is 0 Å². The Bertz CT molecular complexity index is 84.2. The lowest BCUT2D eigenvalue weighted by molar-refractivity contribution is -0.113. The van der Waals surface area contributed by atoms with Gasteiger partial charge in [-0.15, -0.1) is 0 Å². The molecule has 2 nitrogen and oxygen atoms in total. The highest BCUT2D eigenvalue weighted by Gasteiger charge is 1.69. The van der Waals surface area contributed by atoms with Crippen molar-refractivity contribution in [1.29, 1.82) is 0 Å². The molecule has 0 aliphatic heterocycles. The summed E-state index contributed by atoms with van der Waals surface area (Å²) in [5, 5.41) is 0. The van der Waals surface area contributed by atoms with Crippen molar-refractivity contribution in [2.24, 2.45) is 5.73 Å². The van der Waals surface area contributed by atoms with E-state index in [0.29, 0.717) is 0 Å². The normalized spacial score (nSPS) is 7.56. The van der Waals surface area contributed by atoms with Gasteiger partial charge in [0, 0.05) is 0 Å². The summed E-state index contributed by atoms with van der Waals surface area (Å²) in [5.41, 5.74) is 4.53. The molecule has 2 N–H and O–H groups in total. The first-order valence-corrected chi connectivity index (χ1v) is 2.69. The molecule has 1 radical (unpaired) electrons. The number of rotatable bonds is 1. The fourth-order valence-electron chi connectivity index (χ4n) is 0. The third-order valence-corrected chi connectivity index (χ3v) is 0.201. The predicted molar refractivity (Wildman–Crippen MR) is 39.7 cm³/mol. The first kappa shape index (κ1) is 11.1. The van der Waals surface area contributed by atoms with E-state index in [1.165, 1.54) is 5.92 Å². The fourth-order valence-corrected chi connectivity index (χ4v) is 0. The molecule has 0 aliphatic rings. The number of hydrogen-bond acceptors (Lipinski definition) is 1. The van der Waals surface area contributed by atoms with Crippen LogP contribution >= 0.6 is 0 Å². The molecule has 0 heterocycles. The van der Waals surface area contributed by atoms with Crippen LogP contribution in [0.4, 0.5) is 0 Å². The molecule has 0 spiro atoms. The predicted octanol–water partition coefficient (Wildman–Crippen LogP) is 1.28. The van der Waals surface area contributed by atoms with Gasteiger partial charge in [0.05, 0.1) is 0 Å². The highest BCUT2D eigenvalue weighted by Crippen LogP contribution is 1.85. The van der Waals surface area contributed by atoms with Gasteiger partial charge in [0.1, 0.15) is 0 Å². The molecule has 9 heavy (non-hydrogen) atoms. The summed E-state index contributed by atoms with van der Waals surface area (Å²) >= 11 is 0. The van der Waals surface area contributed by atoms with Gasteiger partial charge in [0.2, 0.25) is 5.91 Å². The van der Waals surface area contributed by atoms with Gasteiger partial charge in [-0.05, 0) is 12.0 Å². The molecule has 0 aromatic heterocycles. The third-order valence-electron chi connectivity index (χ3n) is 0.201. The maximum atomic E-state index is 9.47. The quantitative estimate of drug-likeness (QED) is 0.531. The molecule has 0 bridgehead atoms. The third kappa shape index (κ3) is 134. The first-order chi connectivity index (χ1) is 4.00. The number of primary amides is 1. The Labute approximate surface area is 56.7 Å². The van der Waals surface area contributed by atoms with Crippen LogP contribution < -0.4 is 5.73 Å². The van der Waals surface area contributed by atoms with Crippen molar-refractivity contribution in [3.05, 3.63) is 18.6 Å². The summed E-state index contributed by atoms with van der Waals surface area (Å²) in [6.07, 6.45) is 1.06. The van der Waals surface area contributed by atoms with Gasteiger partial charge in [0.15, 0.2) is 0 Å². The van der Waals surface area contributed by atoms with Gasteiger partial charge in [-0.1, -0.05) is 27.4 Å². The Morgan fingerprint density at radius 1 is 1.44 bits per heavy atom. The number of carbonyl (C=O) groups excluding carboxylic acids is 1. The van der Waals surface area contributed by atoms with Crippen molar-refractivity contribution in [2.75, 3.05) is 0 Å². The Balaban J connectivity index is 0. The van der Waals surface area contributed by atoms with Gasteiger partial charge in [-0.2, -0.15) is 0 Å². The second-order valence-corrected chi connectivity index (χ2v) is 2.11. The summed E-state index contributed by atoms with van der Waals surface area (Å²) in [6.45, 7) is 9.34. The van der Waals surface area contributed by atoms with E-state index in [-0.39, 0.29) is 0 Å². The van der Waals surface area contributed by atoms with Crippen molar-refractivity contribution in [3.63, 3.8) is 0 Å². The molecular weight excluding hydrogens is 114 g/mol. The van der Waals surface area contributed by atoms with E-state index in [1.54, 1.807) is 0 Å². The van der Waals surface area contributed by atoms with Crippen LogP contribution in [0.1, 0.15) is 20.8 Å². The summed E-state index contributed by atoms with van der Waals surface area (Å²) in [7, 11) is 0. The van der Waals surface area contributed by atoms with Gasteiger partial charge in [-0.25, -0.2) is 0 Å². The van der Waals surface area contributed by atoms with E-state index in [2.05, 4.69) is 33.1 Å². The van der Waals surface area contributed by atoms with E-state index >= 15 is 0 Å². The summed E-state index contributed by atoms with van der Waals surface area (Å²) < 4.78 is 0. The summed E-state index contributed by atoms with van der Waals surface area (Å²) in [6, 6.07) is 0. The first-order valence-electron chi connectivity index (χ1n) is 2.69. The lowest BCUT2D eigenvalue weighted by Crippen LogP contribution is -2.04. The van der Waals surface area contributed by atoms with Crippen molar-refractivity contribution >= 4 is 5.91 Å². The Morgan fingerprint density at radius 3 is 1.56 bits per heavy atom. The van der Waals surface area contributed by atoms with Gasteiger partial charge < -0.3 is 5.73 Å². The summed E-state index contributed by atoms with van der Waals surface area (Å²) in [5.74, 6) is 0.935. The van der Waals surface area contributed by atoms with Crippen molar-refractivity contribution in [2.45, 2.75) is 20.8 Å². The minimum absolute atomic E-state index is 0.481. The molecule has 0 saturated heterocycles. The van der Waals surface area contributed by atoms with Gasteiger partial charge in [-0.3, -0.25) is 4.79 Å². The topological polar surface area (TPSA) is 43.1 Å². The van der Waals surface area contributed by atoms with Crippen LogP contribution in [0.2, 0.25) is 0 Å². The second-order valence-electron chi connectivity index (χ2n) is 2.11. The molecule has 0 rings (SSSR count). The minimum atomic E-state index is -0.481. The minimum Gasteiger partial charge on any atom is -0.366 e. The standard InChI is InChI=1S/C4H9.C3H5NO/c1-4(2)3;1-2-3(4)5/h1-3H3;2H,1H2,(H2,4,5). The SMILES string of the molecule is C=CC(N)=O.C[C](C)C. The van der Waals surface area contributed by atoms with E-state index in [0.717, 1.165) is 6.08 Å². The molecule has 0 saturated carbocycles. The number of nitrogens with two attached hydrogens (primary N) is 1. The van der Waals surface area contributed by atoms with E-state index in [1.807, 2.05) is 0 Å². The number of amides is 1. The molecule has 0 aromatic carbocycles. The molecule has 0 aromatic rings. The zero-order valence-electron chi connectivity index (χ0n) is 6.27. The average molecular weight is 128 g/mol. The Hall–Kier alpha value is -0.790. The molecular formula is C7H14NO. The van der Waals surface area contributed by atoms with Crippen molar-refractivity contribution in [1.82, 2.24) is 0 Å².